The lowest BCUT2D eigenvalue weighted by Gasteiger charge is -2.36. The van der Waals surface area contributed by atoms with Crippen molar-refractivity contribution in [1.82, 2.24) is 10.2 Å². The number of rotatable bonds is 2. The Morgan fingerprint density at radius 3 is 2.61 bits per heavy atom. The summed E-state index contributed by atoms with van der Waals surface area (Å²) >= 11 is 0. The van der Waals surface area contributed by atoms with Crippen molar-refractivity contribution in [2.24, 2.45) is 5.92 Å². The van der Waals surface area contributed by atoms with Crippen LogP contribution in [0.1, 0.15) is 32.6 Å². The predicted octanol–water partition coefficient (Wildman–Crippen LogP) is 0.969. The molecule has 0 bridgehead atoms. The van der Waals surface area contributed by atoms with Crippen LogP contribution in [-0.4, -0.2) is 54.5 Å². The minimum Gasteiger partial charge on any atom is -0.388 e. The second kappa shape index (κ2) is 5.89. The minimum atomic E-state index is -0.700. The van der Waals surface area contributed by atoms with Gasteiger partial charge in [-0.2, -0.15) is 0 Å². The first-order valence-corrected chi connectivity index (χ1v) is 6.92. The number of aliphatic hydroxyl groups is 1. The monoisotopic (exact) mass is 256 g/mol. The number of urea groups is 1. The molecule has 1 aliphatic carbocycles. The summed E-state index contributed by atoms with van der Waals surface area (Å²) in [6, 6.07) is -0.0784. The van der Waals surface area contributed by atoms with Gasteiger partial charge in [-0.05, 0) is 31.6 Å². The van der Waals surface area contributed by atoms with Gasteiger partial charge in [0, 0.05) is 19.6 Å². The summed E-state index contributed by atoms with van der Waals surface area (Å²) in [6.07, 6.45) is 3.67. The number of hydrogen-bond donors (Lipinski definition) is 2. The van der Waals surface area contributed by atoms with E-state index in [9.17, 15) is 9.90 Å². The highest BCUT2D eigenvalue weighted by atomic mass is 16.5. The van der Waals surface area contributed by atoms with Gasteiger partial charge in [-0.3, -0.25) is 0 Å². The van der Waals surface area contributed by atoms with Crippen LogP contribution in [0.25, 0.3) is 0 Å². The van der Waals surface area contributed by atoms with Crippen LogP contribution in [0.15, 0.2) is 0 Å². The molecular formula is C13H24N2O3. The van der Waals surface area contributed by atoms with Gasteiger partial charge in [0.1, 0.15) is 0 Å². The number of nitrogens with zero attached hydrogens (tertiary/aromatic N) is 1. The molecule has 1 saturated carbocycles. The van der Waals surface area contributed by atoms with Gasteiger partial charge in [0.15, 0.2) is 0 Å². The van der Waals surface area contributed by atoms with Gasteiger partial charge in [-0.25, -0.2) is 4.79 Å². The highest BCUT2D eigenvalue weighted by Gasteiger charge is 2.32. The van der Waals surface area contributed by atoms with Gasteiger partial charge in [0.2, 0.25) is 0 Å². The van der Waals surface area contributed by atoms with Crippen LogP contribution in [0, 0.1) is 5.92 Å². The second-order valence-electron chi connectivity index (χ2n) is 5.66. The van der Waals surface area contributed by atoms with E-state index in [2.05, 4.69) is 12.2 Å². The molecule has 0 unspecified atom stereocenters. The zero-order valence-corrected chi connectivity index (χ0v) is 11.2. The molecule has 2 rings (SSSR count). The standard InChI is InChI=1S/C13H24N2O3/c1-11-2-4-13(17,5-3-11)10-14-12(16)15-6-8-18-9-7-15/h11,17H,2-10H2,1H3,(H,14,16). The van der Waals surface area contributed by atoms with Gasteiger partial charge in [-0.15, -0.1) is 0 Å². The number of morpholine rings is 1. The van der Waals surface area contributed by atoms with E-state index < -0.39 is 5.60 Å². The van der Waals surface area contributed by atoms with E-state index in [0.29, 0.717) is 38.8 Å². The molecule has 5 nitrogen and oxygen atoms in total. The minimum absolute atomic E-state index is 0.0784. The van der Waals surface area contributed by atoms with Gasteiger partial charge < -0.3 is 20.1 Å². The maximum Gasteiger partial charge on any atom is 0.317 e. The molecular weight excluding hydrogens is 232 g/mol. The van der Waals surface area contributed by atoms with Crippen LogP contribution in [0.3, 0.4) is 0 Å². The Bertz CT molecular complexity index is 282. The average Bonchev–Trinajstić information content (AvgIpc) is 2.41. The van der Waals surface area contributed by atoms with Crippen molar-refractivity contribution in [3.8, 4) is 0 Å². The average molecular weight is 256 g/mol. The van der Waals surface area contributed by atoms with Gasteiger partial charge in [-0.1, -0.05) is 6.92 Å². The molecule has 0 spiro atoms. The van der Waals surface area contributed by atoms with E-state index in [1.165, 1.54) is 0 Å². The number of amides is 2. The van der Waals surface area contributed by atoms with Gasteiger partial charge in [0.25, 0.3) is 0 Å². The predicted molar refractivity (Wildman–Crippen MR) is 68.4 cm³/mol. The first-order valence-electron chi connectivity index (χ1n) is 6.92. The third-order valence-corrected chi connectivity index (χ3v) is 4.07. The maximum absolute atomic E-state index is 11.9. The van der Waals surface area contributed by atoms with Crippen LogP contribution in [-0.2, 0) is 4.74 Å². The summed E-state index contributed by atoms with van der Waals surface area (Å²) in [4.78, 5) is 13.6. The Morgan fingerprint density at radius 1 is 1.39 bits per heavy atom. The quantitative estimate of drug-likeness (QED) is 0.774. The van der Waals surface area contributed by atoms with Gasteiger partial charge >= 0.3 is 6.03 Å². The van der Waals surface area contributed by atoms with Crippen molar-refractivity contribution in [3.05, 3.63) is 0 Å². The molecule has 0 radical (unpaired) electrons. The molecule has 1 saturated heterocycles. The van der Waals surface area contributed by atoms with Crippen molar-refractivity contribution in [2.45, 2.75) is 38.2 Å². The summed E-state index contributed by atoms with van der Waals surface area (Å²) in [7, 11) is 0. The van der Waals surface area contributed by atoms with E-state index in [1.807, 2.05) is 0 Å². The molecule has 0 atom stereocenters. The molecule has 2 fully saturated rings. The molecule has 0 aromatic heterocycles. The van der Waals surface area contributed by atoms with Crippen LogP contribution >= 0.6 is 0 Å². The molecule has 5 heteroatoms. The first kappa shape index (κ1) is 13.6. The fourth-order valence-corrected chi connectivity index (χ4v) is 2.59. The SMILES string of the molecule is CC1CCC(O)(CNC(=O)N2CCOCC2)CC1. The Hall–Kier alpha value is -0.810. The number of ether oxygens (including phenoxy) is 1. The lowest BCUT2D eigenvalue weighted by atomic mass is 9.79. The summed E-state index contributed by atoms with van der Waals surface area (Å²) in [5.74, 6) is 0.695. The highest BCUT2D eigenvalue weighted by Crippen LogP contribution is 2.31. The highest BCUT2D eigenvalue weighted by molar-refractivity contribution is 5.74. The molecule has 2 aliphatic rings. The Morgan fingerprint density at radius 2 is 2.00 bits per heavy atom. The van der Waals surface area contributed by atoms with Crippen molar-refractivity contribution in [3.63, 3.8) is 0 Å². The fourth-order valence-electron chi connectivity index (χ4n) is 2.59. The lowest BCUT2D eigenvalue weighted by Crippen LogP contribution is -2.51. The molecule has 1 heterocycles. The van der Waals surface area contributed by atoms with E-state index in [4.69, 9.17) is 4.74 Å². The van der Waals surface area contributed by atoms with Crippen molar-refractivity contribution in [2.75, 3.05) is 32.8 Å². The molecule has 0 aromatic rings. The Labute approximate surface area is 108 Å². The zero-order chi connectivity index (χ0) is 13.0. The molecule has 18 heavy (non-hydrogen) atoms. The third kappa shape index (κ3) is 3.59. The fraction of sp³-hybridized carbons (Fsp3) is 0.923. The van der Waals surface area contributed by atoms with Crippen molar-refractivity contribution >= 4 is 6.03 Å². The Kier molecular flexibility index (Phi) is 4.45. The Balaban J connectivity index is 1.74. The molecule has 0 aromatic carbocycles. The number of carbonyl (C=O) groups excluding carboxylic acids is 1. The van der Waals surface area contributed by atoms with E-state index in [1.54, 1.807) is 4.90 Å². The summed E-state index contributed by atoms with van der Waals surface area (Å²) in [6.45, 7) is 5.08. The van der Waals surface area contributed by atoms with Crippen molar-refractivity contribution in [1.29, 1.82) is 0 Å². The molecule has 1 aliphatic heterocycles. The second-order valence-corrected chi connectivity index (χ2v) is 5.66. The maximum atomic E-state index is 11.9. The smallest absolute Gasteiger partial charge is 0.317 e. The van der Waals surface area contributed by atoms with E-state index in [-0.39, 0.29) is 6.03 Å². The van der Waals surface area contributed by atoms with E-state index >= 15 is 0 Å². The third-order valence-electron chi connectivity index (χ3n) is 4.07. The summed E-state index contributed by atoms with van der Waals surface area (Å²) in [5.41, 5.74) is -0.700. The number of hydrogen-bond acceptors (Lipinski definition) is 3. The van der Waals surface area contributed by atoms with Crippen LogP contribution in [0.2, 0.25) is 0 Å². The topological polar surface area (TPSA) is 61.8 Å². The zero-order valence-electron chi connectivity index (χ0n) is 11.2. The van der Waals surface area contributed by atoms with Gasteiger partial charge in [0.05, 0.1) is 18.8 Å². The van der Waals surface area contributed by atoms with E-state index in [0.717, 1.165) is 25.7 Å². The largest absolute Gasteiger partial charge is 0.388 e. The number of nitrogens with one attached hydrogen (secondary N) is 1. The summed E-state index contributed by atoms with van der Waals surface area (Å²) < 4.78 is 5.20. The number of carbonyl (C=O) groups is 1. The lowest BCUT2D eigenvalue weighted by molar-refractivity contribution is -0.00616. The molecule has 104 valence electrons. The molecule has 2 N–H and O–H groups in total. The first-order chi connectivity index (χ1) is 8.59. The van der Waals surface area contributed by atoms with Crippen LogP contribution in [0.5, 0.6) is 0 Å². The normalized spacial score (nSPS) is 33.2. The molecule has 2 amide bonds. The van der Waals surface area contributed by atoms with Crippen LogP contribution in [0.4, 0.5) is 4.79 Å². The van der Waals surface area contributed by atoms with Crippen LogP contribution < -0.4 is 5.32 Å². The van der Waals surface area contributed by atoms with Crippen molar-refractivity contribution < 1.29 is 14.6 Å². The summed E-state index contributed by atoms with van der Waals surface area (Å²) in [5, 5.41) is 13.2.